The zero-order valence-corrected chi connectivity index (χ0v) is 19.5. The number of amides is 1. The van der Waals surface area contributed by atoms with E-state index in [9.17, 15) is 9.59 Å². The first-order valence-corrected chi connectivity index (χ1v) is 11.6. The predicted molar refractivity (Wildman–Crippen MR) is 131 cm³/mol. The molecule has 0 saturated heterocycles. The van der Waals surface area contributed by atoms with Crippen molar-refractivity contribution >= 4 is 33.5 Å². The Morgan fingerprint density at radius 2 is 1.97 bits per heavy atom. The van der Waals surface area contributed by atoms with Gasteiger partial charge in [0, 0.05) is 17.0 Å². The van der Waals surface area contributed by atoms with Crippen LogP contribution in [0.5, 0.6) is 0 Å². The molecule has 0 radical (unpaired) electrons. The van der Waals surface area contributed by atoms with Gasteiger partial charge in [0.15, 0.2) is 5.82 Å². The summed E-state index contributed by atoms with van der Waals surface area (Å²) in [6.07, 6.45) is 3.64. The van der Waals surface area contributed by atoms with Crippen LogP contribution in [0.1, 0.15) is 41.6 Å². The molecule has 3 aromatic heterocycles. The van der Waals surface area contributed by atoms with Gasteiger partial charge in [0.25, 0.3) is 5.56 Å². The summed E-state index contributed by atoms with van der Waals surface area (Å²) in [6, 6.07) is 13.5. The van der Waals surface area contributed by atoms with Crippen molar-refractivity contribution in [1.29, 1.82) is 0 Å². The summed E-state index contributed by atoms with van der Waals surface area (Å²) >= 11 is 0. The Morgan fingerprint density at radius 1 is 1.14 bits per heavy atom. The first-order chi connectivity index (χ1) is 17.0. The smallest absolute Gasteiger partial charge is 0.278 e. The highest BCUT2D eigenvalue weighted by molar-refractivity contribution is 6.06. The number of carbonyl (C=O) groups excluding carboxylic acids is 1. The Kier molecular flexibility index (Phi) is 4.98. The number of fused-ring (bicyclic) bond motifs is 3. The maximum Gasteiger partial charge on any atom is 0.278 e. The molecule has 1 aliphatic rings. The summed E-state index contributed by atoms with van der Waals surface area (Å²) in [5.74, 6) is 1.20. The van der Waals surface area contributed by atoms with Gasteiger partial charge in [0.05, 0.1) is 11.8 Å². The van der Waals surface area contributed by atoms with Crippen LogP contribution in [-0.4, -0.2) is 30.2 Å². The Bertz CT molecular complexity index is 1660. The van der Waals surface area contributed by atoms with E-state index in [1.807, 2.05) is 56.3 Å². The monoisotopic (exact) mass is 468 g/mol. The topological polar surface area (TPSA) is 108 Å². The van der Waals surface area contributed by atoms with Crippen LogP contribution in [0.4, 0.5) is 5.69 Å². The molecule has 35 heavy (non-hydrogen) atoms. The number of rotatable bonds is 6. The SMILES string of the molecule is Cc1cccc(NC(=O)Cn2c3ccc(C)cc3c3ncn(Cc4nc(C5CC5)no4)c(=O)c32)c1. The van der Waals surface area contributed by atoms with Gasteiger partial charge < -0.3 is 14.4 Å². The molecular formula is C26H24N6O3. The van der Waals surface area contributed by atoms with Gasteiger partial charge in [-0.15, -0.1) is 0 Å². The maximum atomic E-state index is 13.6. The Hall–Kier alpha value is -4.27. The van der Waals surface area contributed by atoms with Gasteiger partial charge in [0.2, 0.25) is 11.8 Å². The van der Waals surface area contributed by atoms with Crippen LogP contribution in [0.3, 0.4) is 0 Å². The molecule has 2 aromatic carbocycles. The molecule has 5 aromatic rings. The minimum absolute atomic E-state index is 0.0235. The number of aryl methyl sites for hydroxylation is 2. The minimum atomic E-state index is -0.265. The number of nitrogens with zero attached hydrogens (tertiary/aromatic N) is 5. The van der Waals surface area contributed by atoms with E-state index in [-0.39, 0.29) is 24.6 Å². The second kappa shape index (κ2) is 8.19. The number of hydrogen-bond donors (Lipinski definition) is 1. The fraction of sp³-hybridized carbons (Fsp3) is 0.269. The second-order valence-corrected chi connectivity index (χ2v) is 9.22. The summed E-state index contributed by atoms with van der Waals surface area (Å²) in [7, 11) is 0. The summed E-state index contributed by atoms with van der Waals surface area (Å²) in [6.45, 7) is 4.05. The lowest BCUT2D eigenvalue weighted by atomic mass is 10.1. The second-order valence-electron chi connectivity index (χ2n) is 9.22. The molecule has 1 saturated carbocycles. The quantitative estimate of drug-likeness (QED) is 0.405. The first kappa shape index (κ1) is 21.3. The van der Waals surface area contributed by atoms with Crippen molar-refractivity contribution in [1.82, 2.24) is 24.3 Å². The Labute approximate surface area is 200 Å². The fourth-order valence-corrected chi connectivity index (χ4v) is 4.44. The normalized spacial score (nSPS) is 13.5. The van der Waals surface area contributed by atoms with Gasteiger partial charge >= 0.3 is 0 Å². The fourth-order valence-electron chi connectivity index (χ4n) is 4.44. The largest absolute Gasteiger partial charge is 0.337 e. The van der Waals surface area contributed by atoms with E-state index < -0.39 is 0 Å². The molecule has 0 unspecified atom stereocenters. The van der Waals surface area contributed by atoms with Gasteiger partial charge in [-0.2, -0.15) is 4.98 Å². The van der Waals surface area contributed by atoms with Crippen LogP contribution in [0.15, 0.2) is 58.1 Å². The highest BCUT2D eigenvalue weighted by atomic mass is 16.5. The van der Waals surface area contributed by atoms with Crippen LogP contribution >= 0.6 is 0 Å². The highest BCUT2D eigenvalue weighted by Crippen LogP contribution is 2.38. The minimum Gasteiger partial charge on any atom is -0.337 e. The number of anilines is 1. The van der Waals surface area contributed by atoms with Crippen molar-refractivity contribution < 1.29 is 9.32 Å². The van der Waals surface area contributed by atoms with Crippen molar-refractivity contribution in [2.24, 2.45) is 0 Å². The third-order valence-corrected chi connectivity index (χ3v) is 6.32. The molecule has 0 spiro atoms. The summed E-state index contributed by atoms with van der Waals surface area (Å²) in [5.41, 5.74) is 4.26. The molecule has 6 rings (SSSR count). The Morgan fingerprint density at radius 3 is 2.77 bits per heavy atom. The van der Waals surface area contributed by atoms with Crippen LogP contribution in [-0.2, 0) is 17.9 Å². The van der Waals surface area contributed by atoms with Crippen molar-refractivity contribution in [3.63, 3.8) is 0 Å². The lowest BCUT2D eigenvalue weighted by Gasteiger charge is -2.10. The molecule has 9 nitrogen and oxygen atoms in total. The number of hydrogen-bond acceptors (Lipinski definition) is 6. The van der Waals surface area contributed by atoms with E-state index in [0.717, 1.165) is 34.9 Å². The van der Waals surface area contributed by atoms with Crippen molar-refractivity contribution in [3.8, 4) is 0 Å². The standard InChI is InChI=1S/C26H24N6O3/c1-15-4-3-5-18(10-15)28-21(33)12-32-20-9-6-16(2)11-19(20)23-24(32)26(34)31(14-27-23)13-22-29-25(30-35-22)17-7-8-17/h3-6,9-11,14,17H,7-8,12-13H2,1-2H3,(H,28,33). The molecule has 1 aliphatic carbocycles. The molecule has 0 bridgehead atoms. The van der Waals surface area contributed by atoms with Gasteiger partial charge in [-0.25, -0.2) is 4.98 Å². The lowest BCUT2D eigenvalue weighted by Crippen LogP contribution is -2.25. The molecule has 1 fully saturated rings. The van der Waals surface area contributed by atoms with Crippen molar-refractivity contribution in [2.75, 3.05) is 5.32 Å². The molecular weight excluding hydrogens is 444 g/mol. The maximum absolute atomic E-state index is 13.6. The molecule has 3 heterocycles. The number of benzene rings is 2. The van der Waals surface area contributed by atoms with Gasteiger partial charge in [-0.1, -0.05) is 28.9 Å². The van der Waals surface area contributed by atoms with Crippen molar-refractivity contribution in [3.05, 3.63) is 82.0 Å². The van der Waals surface area contributed by atoms with E-state index >= 15 is 0 Å². The summed E-state index contributed by atoms with van der Waals surface area (Å²) < 4.78 is 8.56. The molecule has 176 valence electrons. The van der Waals surface area contributed by atoms with Crippen LogP contribution < -0.4 is 10.9 Å². The van der Waals surface area contributed by atoms with E-state index in [1.54, 1.807) is 4.57 Å². The summed E-state index contributed by atoms with van der Waals surface area (Å²) in [4.78, 5) is 35.7. The first-order valence-electron chi connectivity index (χ1n) is 11.6. The van der Waals surface area contributed by atoms with Gasteiger partial charge in [-0.3, -0.25) is 14.2 Å². The third-order valence-electron chi connectivity index (χ3n) is 6.32. The average Bonchev–Trinajstić information content (AvgIpc) is 3.50. The molecule has 0 aliphatic heterocycles. The predicted octanol–water partition coefficient (Wildman–Crippen LogP) is 3.92. The average molecular weight is 469 g/mol. The lowest BCUT2D eigenvalue weighted by molar-refractivity contribution is -0.116. The van der Waals surface area contributed by atoms with E-state index in [1.165, 1.54) is 10.9 Å². The van der Waals surface area contributed by atoms with E-state index in [4.69, 9.17) is 4.52 Å². The number of carbonyl (C=O) groups is 1. The zero-order chi connectivity index (χ0) is 24.1. The van der Waals surface area contributed by atoms with Crippen LogP contribution in [0, 0.1) is 13.8 Å². The molecule has 1 N–H and O–H groups in total. The number of nitrogens with one attached hydrogen (secondary N) is 1. The molecule has 1 amide bonds. The van der Waals surface area contributed by atoms with E-state index in [0.29, 0.717) is 34.4 Å². The van der Waals surface area contributed by atoms with Crippen molar-refractivity contribution in [2.45, 2.75) is 45.7 Å². The third kappa shape index (κ3) is 3.99. The highest BCUT2D eigenvalue weighted by Gasteiger charge is 2.29. The van der Waals surface area contributed by atoms with E-state index in [2.05, 4.69) is 20.4 Å². The zero-order valence-electron chi connectivity index (χ0n) is 19.5. The molecule has 0 atom stereocenters. The van der Waals surface area contributed by atoms with Gasteiger partial charge in [0.1, 0.15) is 24.1 Å². The van der Waals surface area contributed by atoms with Gasteiger partial charge in [-0.05, 0) is 56.5 Å². The number of aromatic nitrogens is 5. The molecule has 9 heteroatoms. The van der Waals surface area contributed by atoms with Crippen LogP contribution in [0.25, 0.3) is 21.9 Å². The Balaban J connectivity index is 1.41. The van der Waals surface area contributed by atoms with Crippen LogP contribution in [0.2, 0.25) is 0 Å². The summed E-state index contributed by atoms with van der Waals surface area (Å²) in [5, 5.41) is 7.80.